The number of piperazine rings is 2. The Labute approximate surface area is 134 Å². The van der Waals surface area contributed by atoms with Crippen LogP contribution in [-0.2, 0) is 9.59 Å². The van der Waals surface area contributed by atoms with E-state index in [-0.39, 0.29) is 11.8 Å². The van der Waals surface area contributed by atoms with E-state index in [0.29, 0.717) is 12.8 Å². The van der Waals surface area contributed by atoms with Crippen LogP contribution in [0.25, 0.3) is 0 Å². The Morgan fingerprint density at radius 2 is 0.955 bits per heavy atom. The highest BCUT2D eigenvalue weighted by atomic mass is 16.2. The summed E-state index contributed by atoms with van der Waals surface area (Å²) < 4.78 is 1.95. The largest absolute Gasteiger partial charge is 0.331 e. The number of amides is 2. The first kappa shape index (κ1) is 17.2. The summed E-state index contributed by atoms with van der Waals surface area (Å²) >= 11 is 0. The molecule has 0 radical (unpaired) electrons. The predicted molar refractivity (Wildman–Crippen MR) is 86.1 cm³/mol. The van der Waals surface area contributed by atoms with E-state index in [0.717, 1.165) is 61.3 Å². The van der Waals surface area contributed by atoms with Crippen LogP contribution >= 0.6 is 0 Å². The van der Waals surface area contributed by atoms with Crippen LogP contribution in [0, 0.1) is 0 Å². The minimum absolute atomic E-state index is 0.140. The summed E-state index contributed by atoms with van der Waals surface area (Å²) in [4.78, 5) is 28.3. The lowest BCUT2D eigenvalue weighted by molar-refractivity contribution is -0.894. The van der Waals surface area contributed by atoms with Crippen LogP contribution in [0.1, 0.15) is 12.8 Å². The highest BCUT2D eigenvalue weighted by Crippen LogP contribution is 2.11. The van der Waals surface area contributed by atoms with Gasteiger partial charge in [0.2, 0.25) is 11.8 Å². The Bertz CT molecular complexity index is 374. The Kier molecular flexibility index (Phi) is 5.12. The van der Waals surface area contributed by atoms with E-state index in [1.54, 1.807) is 0 Å². The summed E-state index contributed by atoms with van der Waals surface area (Å²) in [5, 5.41) is 0. The van der Waals surface area contributed by atoms with Crippen LogP contribution < -0.4 is 0 Å². The molecular formula is C16H32N4O2+2. The molecule has 2 amide bonds. The number of hydrogen-bond donors (Lipinski definition) is 0. The molecule has 0 atom stereocenters. The number of rotatable bonds is 3. The van der Waals surface area contributed by atoms with E-state index in [2.05, 4.69) is 28.2 Å². The maximum absolute atomic E-state index is 12.2. The quantitative estimate of drug-likeness (QED) is 0.666. The van der Waals surface area contributed by atoms with E-state index in [1.165, 1.54) is 0 Å². The van der Waals surface area contributed by atoms with Crippen molar-refractivity contribution >= 4 is 11.8 Å². The molecule has 0 unspecified atom stereocenters. The molecule has 0 aromatic rings. The second kappa shape index (κ2) is 6.54. The van der Waals surface area contributed by atoms with Crippen molar-refractivity contribution in [3.8, 4) is 0 Å². The van der Waals surface area contributed by atoms with Gasteiger partial charge in [-0.2, -0.15) is 0 Å². The van der Waals surface area contributed by atoms with E-state index >= 15 is 0 Å². The van der Waals surface area contributed by atoms with Crippen molar-refractivity contribution in [2.24, 2.45) is 0 Å². The zero-order valence-corrected chi connectivity index (χ0v) is 14.7. The summed E-state index contributed by atoms with van der Waals surface area (Å²) in [6, 6.07) is 0. The molecule has 0 aliphatic carbocycles. The maximum Gasteiger partial charge on any atom is 0.223 e. The van der Waals surface area contributed by atoms with Crippen molar-refractivity contribution in [1.29, 1.82) is 0 Å². The van der Waals surface area contributed by atoms with Crippen LogP contribution in [0.3, 0.4) is 0 Å². The average molecular weight is 312 g/mol. The Hall–Kier alpha value is -1.14. The molecule has 2 aliphatic rings. The molecule has 0 aromatic carbocycles. The molecular weight excluding hydrogens is 280 g/mol. The third kappa shape index (κ3) is 4.68. The average Bonchev–Trinajstić information content (AvgIpc) is 2.44. The summed E-state index contributed by atoms with van der Waals surface area (Å²) in [6.45, 7) is 7.25. The lowest BCUT2D eigenvalue weighted by Gasteiger charge is -2.39. The lowest BCUT2D eigenvalue weighted by atomic mass is 10.2. The molecule has 2 rings (SSSR count). The Morgan fingerprint density at radius 3 is 1.23 bits per heavy atom. The fourth-order valence-electron chi connectivity index (χ4n) is 3.04. The Morgan fingerprint density at radius 1 is 0.682 bits per heavy atom. The Balaban J connectivity index is 1.71. The first-order valence-electron chi connectivity index (χ1n) is 8.38. The van der Waals surface area contributed by atoms with Crippen molar-refractivity contribution in [3.63, 3.8) is 0 Å². The molecule has 0 bridgehead atoms. The molecule has 0 saturated carbocycles. The van der Waals surface area contributed by atoms with Gasteiger partial charge in [0.25, 0.3) is 0 Å². The molecule has 2 fully saturated rings. The highest BCUT2D eigenvalue weighted by Gasteiger charge is 2.29. The summed E-state index contributed by atoms with van der Waals surface area (Å²) in [5.41, 5.74) is 0. The molecule has 2 heterocycles. The van der Waals surface area contributed by atoms with Gasteiger partial charge in [0.1, 0.15) is 0 Å². The number of nitrogens with zero attached hydrogens (tertiary/aromatic N) is 4. The van der Waals surface area contributed by atoms with Crippen LogP contribution in [-0.4, -0.2) is 111 Å². The maximum atomic E-state index is 12.2. The topological polar surface area (TPSA) is 40.6 Å². The van der Waals surface area contributed by atoms with Crippen LogP contribution in [0.2, 0.25) is 0 Å². The molecule has 0 spiro atoms. The van der Waals surface area contributed by atoms with Crippen molar-refractivity contribution in [3.05, 3.63) is 0 Å². The van der Waals surface area contributed by atoms with Crippen LogP contribution in [0.5, 0.6) is 0 Å². The predicted octanol–water partition coefficient (Wildman–Crippen LogP) is -0.396. The van der Waals surface area contributed by atoms with E-state index in [1.807, 2.05) is 9.80 Å². The second-order valence-corrected chi connectivity index (χ2v) is 8.03. The molecule has 6 nitrogen and oxygen atoms in total. The standard InChI is InChI=1S/C16H32N4O2/c1-19(2)11-7-17(8-12-19)15(21)5-6-16(22)18-9-13-20(3,4)14-10-18/h5-14H2,1-4H3/q+2. The number of carbonyl (C=O) groups excluding carboxylic acids is 2. The van der Waals surface area contributed by atoms with Crippen LogP contribution in [0.15, 0.2) is 0 Å². The third-order valence-electron chi connectivity index (χ3n) is 5.16. The van der Waals surface area contributed by atoms with Gasteiger partial charge in [0.05, 0.1) is 80.5 Å². The van der Waals surface area contributed by atoms with E-state index < -0.39 is 0 Å². The minimum Gasteiger partial charge on any atom is -0.331 e. The highest BCUT2D eigenvalue weighted by molar-refractivity contribution is 5.83. The fraction of sp³-hybridized carbons (Fsp3) is 0.875. The van der Waals surface area contributed by atoms with Gasteiger partial charge < -0.3 is 18.8 Å². The summed E-state index contributed by atoms with van der Waals surface area (Å²) in [5.74, 6) is 0.280. The molecule has 0 aromatic heterocycles. The fourth-order valence-corrected chi connectivity index (χ4v) is 3.04. The van der Waals surface area contributed by atoms with Crippen molar-refractivity contribution < 1.29 is 18.6 Å². The first-order chi connectivity index (χ1) is 10.2. The number of hydrogen-bond acceptors (Lipinski definition) is 2. The number of likely N-dealkylation sites (N-methyl/N-ethyl adjacent to an activating group) is 2. The minimum atomic E-state index is 0.140. The van der Waals surface area contributed by atoms with E-state index in [4.69, 9.17) is 0 Å². The number of quaternary nitrogens is 2. The zero-order chi connectivity index (χ0) is 16.4. The molecule has 22 heavy (non-hydrogen) atoms. The first-order valence-corrected chi connectivity index (χ1v) is 8.38. The summed E-state index contributed by atoms with van der Waals surface area (Å²) in [7, 11) is 8.78. The normalized spacial score (nSPS) is 24.2. The van der Waals surface area contributed by atoms with Gasteiger partial charge in [0.15, 0.2) is 0 Å². The molecule has 2 aliphatic heterocycles. The smallest absolute Gasteiger partial charge is 0.223 e. The van der Waals surface area contributed by atoms with Gasteiger partial charge in [-0.15, -0.1) is 0 Å². The molecule has 2 saturated heterocycles. The van der Waals surface area contributed by atoms with Crippen LogP contribution in [0.4, 0.5) is 0 Å². The summed E-state index contributed by atoms with van der Waals surface area (Å²) in [6.07, 6.45) is 0.724. The zero-order valence-electron chi connectivity index (χ0n) is 14.7. The van der Waals surface area contributed by atoms with Crippen molar-refractivity contribution in [1.82, 2.24) is 9.80 Å². The monoisotopic (exact) mass is 312 g/mol. The third-order valence-corrected chi connectivity index (χ3v) is 5.16. The van der Waals surface area contributed by atoms with Gasteiger partial charge in [-0.05, 0) is 0 Å². The van der Waals surface area contributed by atoms with Gasteiger partial charge in [-0.25, -0.2) is 0 Å². The van der Waals surface area contributed by atoms with Crippen molar-refractivity contribution in [2.75, 3.05) is 80.5 Å². The SMILES string of the molecule is C[N+]1(C)CCN(C(=O)CCC(=O)N2CC[N+](C)(C)CC2)CC1. The van der Waals surface area contributed by atoms with Crippen molar-refractivity contribution in [2.45, 2.75) is 12.8 Å². The lowest BCUT2D eigenvalue weighted by Crippen LogP contribution is -2.56. The van der Waals surface area contributed by atoms with Gasteiger partial charge >= 0.3 is 0 Å². The number of carbonyl (C=O) groups is 2. The second-order valence-electron chi connectivity index (χ2n) is 8.03. The van der Waals surface area contributed by atoms with E-state index in [9.17, 15) is 9.59 Å². The van der Waals surface area contributed by atoms with Gasteiger partial charge in [-0.1, -0.05) is 0 Å². The molecule has 6 heteroatoms. The van der Waals surface area contributed by atoms with Gasteiger partial charge in [-0.3, -0.25) is 9.59 Å². The molecule has 126 valence electrons. The molecule has 0 N–H and O–H groups in total. The van der Waals surface area contributed by atoms with Gasteiger partial charge in [0, 0.05) is 12.8 Å².